The van der Waals surface area contributed by atoms with E-state index in [1.807, 2.05) is 0 Å². The molecule has 0 radical (unpaired) electrons. The molecule has 1 aliphatic carbocycles. The highest BCUT2D eigenvalue weighted by molar-refractivity contribution is 6.07. The molecule has 2 atom stereocenters. The van der Waals surface area contributed by atoms with Gasteiger partial charge in [0.05, 0.1) is 0 Å². The normalized spacial score (nSPS) is 31.4. The van der Waals surface area contributed by atoms with Crippen molar-refractivity contribution in [1.82, 2.24) is 10.2 Å². The fraction of sp³-hybridized carbons (Fsp3) is 0.520. The molecule has 3 N–H and O–H groups in total. The summed E-state index contributed by atoms with van der Waals surface area (Å²) in [6.45, 7) is 7.73. The van der Waals surface area contributed by atoms with Gasteiger partial charge in [0.1, 0.15) is 38.3 Å². The molecule has 1 saturated carbocycles. The number of benzene rings is 2. The molecule has 2 aliphatic heterocycles. The number of urea groups is 1. The van der Waals surface area contributed by atoms with E-state index in [1.54, 1.807) is 4.90 Å². The number of hydrogen-bond donors (Lipinski definition) is 3. The smallest absolute Gasteiger partial charge is 0.323 e. The van der Waals surface area contributed by atoms with Crippen molar-refractivity contribution < 1.29 is 19.4 Å². The van der Waals surface area contributed by atoms with Crippen molar-refractivity contribution in [2.24, 2.45) is 5.92 Å². The molecule has 0 aromatic heterocycles. The highest BCUT2D eigenvalue weighted by Crippen LogP contribution is 2.37. The molecule has 31 heavy (non-hydrogen) atoms. The summed E-state index contributed by atoms with van der Waals surface area (Å²) in [5.41, 5.74) is 0.759. The molecule has 6 heteroatoms. The molecule has 2 aromatic carbocycles. The van der Waals surface area contributed by atoms with Gasteiger partial charge in [-0.15, -0.1) is 0 Å². The Bertz CT molecular complexity index is 979. The fourth-order valence-electron chi connectivity index (χ4n) is 5.87. The van der Waals surface area contributed by atoms with E-state index < -0.39 is 5.54 Å². The summed E-state index contributed by atoms with van der Waals surface area (Å²) in [5.74, 6) is 0.238. The first-order valence-electron chi connectivity index (χ1n) is 11.8. The highest BCUT2D eigenvalue weighted by Gasteiger charge is 2.55. The quantitative estimate of drug-likeness (QED) is 0.632. The van der Waals surface area contributed by atoms with Crippen LogP contribution >= 0.6 is 0 Å². The number of fused-ring (bicyclic) bond motifs is 1. The molecule has 3 amide bonds. The lowest BCUT2D eigenvalue weighted by atomic mass is 9.73. The first kappa shape index (κ1) is 20.5. The van der Waals surface area contributed by atoms with E-state index in [1.165, 1.54) is 26.1 Å². The number of carbonyl (C=O) groups is 2. The molecule has 2 heterocycles. The van der Waals surface area contributed by atoms with Crippen LogP contribution in [0.5, 0.6) is 0 Å². The maximum Gasteiger partial charge on any atom is 0.329 e. The van der Waals surface area contributed by atoms with Crippen LogP contribution in [0.4, 0.5) is 4.79 Å². The van der Waals surface area contributed by atoms with Crippen LogP contribution < -0.4 is 15.1 Å². The molecule has 2 aromatic rings. The van der Waals surface area contributed by atoms with Gasteiger partial charge in [0, 0.05) is 5.56 Å². The zero-order chi connectivity index (χ0) is 21.4. The average Bonchev–Trinajstić information content (AvgIpc) is 3.02. The predicted octanol–water partition coefficient (Wildman–Crippen LogP) is 0.581. The van der Waals surface area contributed by atoms with Crippen LogP contribution in [-0.4, -0.2) is 55.2 Å². The Balaban J connectivity index is 1.19. The largest absolute Gasteiger partial charge is 0.329 e. The lowest BCUT2D eigenvalue weighted by Crippen LogP contribution is -3.28. The van der Waals surface area contributed by atoms with Crippen LogP contribution in [0.1, 0.15) is 38.2 Å². The lowest BCUT2D eigenvalue weighted by molar-refractivity contribution is -1.02. The maximum absolute atomic E-state index is 13.2. The Hall–Kier alpha value is -2.44. The average molecular weight is 423 g/mol. The van der Waals surface area contributed by atoms with E-state index in [4.69, 9.17) is 0 Å². The highest BCUT2D eigenvalue weighted by atomic mass is 16.2. The Labute approximate surface area is 184 Å². The minimum Gasteiger partial charge on any atom is -0.323 e. The minimum atomic E-state index is -0.643. The van der Waals surface area contributed by atoms with Crippen molar-refractivity contribution in [2.45, 2.75) is 44.7 Å². The molecular formula is C25H34N4O2+2. The number of amides is 3. The van der Waals surface area contributed by atoms with E-state index in [-0.39, 0.29) is 17.9 Å². The molecule has 0 bridgehead atoms. The van der Waals surface area contributed by atoms with Crippen molar-refractivity contribution in [3.8, 4) is 0 Å². The van der Waals surface area contributed by atoms with E-state index in [9.17, 15) is 9.59 Å². The minimum absolute atomic E-state index is 0.0164. The van der Waals surface area contributed by atoms with Gasteiger partial charge in [0.15, 0.2) is 6.67 Å². The van der Waals surface area contributed by atoms with Crippen LogP contribution in [-0.2, 0) is 11.3 Å². The number of hydrogen-bond acceptors (Lipinski definition) is 2. The van der Waals surface area contributed by atoms with Crippen LogP contribution in [0.25, 0.3) is 10.8 Å². The summed E-state index contributed by atoms with van der Waals surface area (Å²) in [6, 6.07) is 15.0. The molecular weight excluding hydrogens is 388 g/mol. The van der Waals surface area contributed by atoms with Crippen molar-refractivity contribution in [2.75, 3.05) is 32.8 Å². The van der Waals surface area contributed by atoms with Gasteiger partial charge in [-0.25, -0.2) is 9.69 Å². The Morgan fingerprint density at radius 2 is 1.74 bits per heavy atom. The number of imide groups is 1. The second-order valence-corrected chi connectivity index (χ2v) is 9.75. The van der Waals surface area contributed by atoms with Gasteiger partial charge in [-0.05, 0) is 29.5 Å². The van der Waals surface area contributed by atoms with Crippen molar-refractivity contribution in [1.29, 1.82) is 0 Å². The van der Waals surface area contributed by atoms with Gasteiger partial charge >= 0.3 is 6.03 Å². The first-order chi connectivity index (χ1) is 15.1. The fourth-order valence-corrected chi connectivity index (χ4v) is 5.87. The summed E-state index contributed by atoms with van der Waals surface area (Å²) in [5, 5.41) is 5.73. The van der Waals surface area contributed by atoms with E-state index in [0.717, 1.165) is 58.4 Å². The molecule has 1 spiro atoms. The van der Waals surface area contributed by atoms with Crippen LogP contribution in [0.3, 0.4) is 0 Å². The zero-order valence-corrected chi connectivity index (χ0v) is 18.5. The molecule has 5 rings (SSSR count). The van der Waals surface area contributed by atoms with Crippen LogP contribution in [0.2, 0.25) is 0 Å². The topological polar surface area (TPSA) is 58.3 Å². The summed E-state index contributed by atoms with van der Waals surface area (Å²) in [7, 11) is 0. The summed E-state index contributed by atoms with van der Waals surface area (Å²) < 4.78 is 0. The SMILES string of the molecule is C[C@H]1CCCC[C@]12NC(=O)N(C[NH+]1CC[NH+](Cc3cccc4ccccc34)CC1)C2=O. The Morgan fingerprint density at radius 3 is 2.55 bits per heavy atom. The Morgan fingerprint density at radius 1 is 1.00 bits per heavy atom. The monoisotopic (exact) mass is 422 g/mol. The van der Waals surface area contributed by atoms with Crippen molar-refractivity contribution in [3.63, 3.8) is 0 Å². The van der Waals surface area contributed by atoms with Gasteiger partial charge in [-0.2, -0.15) is 0 Å². The Kier molecular flexibility index (Phi) is 5.44. The molecule has 3 fully saturated rings. The number of carbonyl (C=O) groups excluding carboxylic acids is 2. The maximum atomic E-state index is 13.2. The second-order valence-electron chi connectivity index (χ2n) is 9.75. The molecule has 2 saturated heterocycles. The molecule has 0 unspecified atom stereocenters. The second kappa shape index (κ2) is 8.24. The first-order valence-corrected chi connectivity index (χ1v) is 11.8. The number of nitrogens with one attached hydrogen (secondary N) is 3. The van der Waals surface area contributed by atoms with E-state index >= 15 is 0 Å². The molecule has 164 valence electrons. The van der Waals surface area contributed by atoms with Gasteiger partial charge in [0.2, 0.25) is 0 Å². The number of nitrogens with zero attached hydrogens (tertiary/aromatic N) is 1. The van der Waals surface area contributed by atoms with E-state index in [0.29, 0.717) is 6.67 Å². The van der Waals surface area contributed by atoms with E-state index in [2.05, 4.69) is 54.7 Å². The number of quaternary nitrogens is 2. The summed E-state index contributed by atoms with van der Waals surface area (Å²) in [4.78, 5) is 30.3. The lowest BCUT2D eigenvalue weighted by Gasteiger charge is -2.37. The van der Waals surface area contributed by atoms with Gasteiger partial charge in [-0.3, -0.25) is 4.79 Å². The molecule has 3 aliphatic rings. The predicted molar refractivity (Wildman–Crippen MR) is 120 cm³/mol. The van der Waals surface area contributed by atoms with Crippen LogP contribution in [0.15, 0.2) is 42.5 Å². The number of rotatable bonds is 4. The van der Waals surface area contributed by atoms with Gasteiger partial charge in [0.25, 0.3) is 5.91 Å². The number of piperazine rings is 1. The zero-order valence-electron chi connectivity index (χ0n) is 18.5. The third-order valence-corrected chi connectivity index (χ3v) is 7.87. The van der Waals surface area contributed by atoms with Gasteiger partial charge < -0.3 is 15.1 Å². The van der Waals surface area contributed by atoms with Crippen molar-refractivity contribution >= 4 is 22.7 Å². The third kappa shape index (κ3) is 3.72. The van der Waals surface area contributed by atoms with Gasteiger partial charge in [-0.1, -0.05) is 62.2 Å². The standard InChI is InChI=1S/C25H32N4O2/c1-19-7-4-5-12-25(19)23(30)29(24(31)26-25)18-28-15-13-27(14-16-28)17-21-10-6-9-20-8-2-3-11-22(20)21/h2-3,6,8-11,19H,4-5,7,12-18H2,1H3,(H,26,31)/p+2/t19-,25-/m0/s1. The molecule has 6 nitrogen and oxygen atoms in total. The third-order valence-electron chi connectivity index (χ3n) is 7.87. The van der Waals surface area contributed by atoms with Crippen molar-refractivity contribution in [3.05, 3.63) is 48.0 Å². The summed E-state index contributed by atoms with van der Waals surface area (Å²) >= 11 is 0. The van der Waals surface area contributed by atoms with Crippen LogP contribution in [0, 0.1) is 5.92 Å². The summed E-state index contributed by atoms with van der Waals surface area (Å²) in [6.07, 6.45) is 3.97.